The van der Waals surface area contributed by atoms with E-state index in [0.29, 0.717) is 0 Å². The van der Waals surface area contributed by atoms with E-state index in [0.717, 1.165) is 26.2 Å². The topological polar surface area (TPSA) is 30.3 Å². The molecular formula is C11H13N3. The van der Waals surface area contributed by atoms with Crippen LogP contribution in [0.15, 0.2) is 30.3 Å². The van der Waals surface area contributed by atoms with Crippen molar-refractivity contribution in [3.8, 4) is 6.19 Å². The third kappa shape index (κ3) is 1.80. The smallest absolute Gasteiger partial charge is 0.179 e. The number of nitrogens with zero attached hydrogens (tertiary/aromatic N) is 3. The number of hydrogen-bond acceptors (Lipinski definition) is 3. The fourth-order valence-corrected chi connectivity index (χ4v) is 1.70. The number of nitriles is 1. The third-order valence-electron chi connectivity index (χ3n) is 2.54. The van der Waals surface area contributed by atoms with Crippen LogP contribution in [0.3, 0.4) is 0 Å². The second kappa shape index (κ2) is 4.01. The van der Waals surface area contributed by atoms with Gasteiger partial charge in [0.15, 0.2) is 6.19 Å². The highest BCUT2D eigenvalue weighted by Crippen LogP contribution is 2.14. The summed E-state index contributed by atoms with van der Waals surface area (Å²) in [5.41, 5.74) is 1.25. The van der Waals surface area contributed by atoms with E-state index >= 15 is 0 Å². The minimum Gasteiger partial charge on any atom is -0.368 e. The quantitative estimate of drug-likeness (QED) is 0.621. The van der Waals surface area contributed by atoms with Crippen LogP contribution in [0.4, 0.5) is 5.69 Å². The second-order valence-electron chi connectivity index (χ2n) is 3.41. The Bertz CT molecular complexity index is 320. The molecule has 0 saturated carbocycles. The molecule has 0 aromatic heterocycles. The molecule has 0 radical (unpaired) electrons. The summed E-state index contributed by atoms with van der Waals surface area (Å²) < 4.78 is 0. The van der Waals surface area contributed by atoms with Gasteiger partial charge in [0.05, 0.1) is 0 Å². The summed E-state index contributed by atoms with van der Waals surface area (Å²) in [6.45, 7) is 3.56. The molecule has 72 valence electrons. The molecule has 1 heterocycles. The SMILES string of the molecule is N#CN1CCN(c2ccccc2)CC1. The maximum Gasteiger partial charge on any atom is 0.179 e. The average molecular weight is 187 g/mol. The summed E-state index contributed by atoms with van der Waals surface area (Å²) in [6.07, 6.45) is 2.18. The van der Waals surface area contributed by atoms with E-state index in [1.165, 1.54) is 5.69 Å². The number of para-hydroxylation sites is 1. The zero-order valence-electron chi connectivity index (χ0n) is 8.06. The van der Waals surface area contributed by atoms with Crippen LogP contribution in [0.2, 0.25) is 0 Å². The Morgan fingerprint density at radius 1 is 1.00 bits per heavy atom. The van der Waals surface area contributed by atoms with E-state index < -0.39 is 0 Å². The molecule has 0 amide bonds. The van der Waals surface area contributed by atoms with Crippen molar-refractivity contribution in [3.05, 3.63) is 30.3 Å². The van der Waals surface area contributed by atoms with Crippen molar-refractivity contribution >= 4 is 5.69 Å². The molecule has 1 saturated heterocycles. The molecule has 0 atom stereocenters. The number of hydrogen-bond donors (Lipinski definition) is 0. The van der Waals surface area contributed by atoms with Crippen LogP contribution in [0, 0.1) is 11.5 Å². The molecule has 0 unspecified atom stereocenters. The summed E-state index contributed by atoms with van der Waals surface area (Å²) in [5, 5.41) is 8.71. The maximum atomic E-state index is 8.71. The van der Waals surface area contributed by atoms with Gasteiger partial charge < -0.3 is 9.80 Å². The normalized spacial score (nSPS) is 16.5. The first-order valence-electron chi connectivity index (χ1n) is 4.85. The molecule has 0 N–H and O–H groups in total. The van der Waals surface area contributed by atoms with Gasteiger partial charge in [0.2, 0.25) is 0 Å². The first-order chi connectivity index (χ1) is 6.90. The number of benzene rings is 1. The Kier molecular flexibility index (Phi) is 2.55. The lowest BCUT2D eigenvalue weighted by molar-refractivity contribution is 0.363. The van der Waals surface area contributed by atoms with Crippen molar-refractivity contribution < 1.29 is 0 Å². The highest BCUT2D eigenvalue weighted by Gasteiger charge is 2.14. The fourth-order valence-electron chi connectivity index (χ4n) is 1.70. The van der Waals surface area contributed by atoms with Gasteiger partial charge >= 0.3 is 0 Å². The molecule has 1 aromatic rings. The molecule has 2 rings (SSSR count). The number of rotatable bonds is 1. The highest BCUT2D eigenvalue weighted by molar-refractivity contribution is 5.46. The number of anilines is 1. The van der Waals surface area contributed by atoms with Crippen LogP contribution >= 0.6 is 0 Å². The molecule has 3 heteroatoms. The van der Waals surface area contributed by atoms with E-state index in [4.69, 9.17) is 5.26 Å². The number of piperazine rings is 1. The van der Waals surface area contributed by atoms with Gasteiger partial charge in [-0.05, 0) is 12.1 Å². The summed E-state index contributed by atoms with van der Waals surface area (Å²) in [4.78, 5) is 4.12. The van der Waals surface area contributed by atoms with Crippen molar-refractivity contribution in [1.82, 2.24) is 4.90 Å². The average Bonchev–Trinajstić information content (AvgIpc) is 2.30. The first-order valence-corrected chi connectivity index (χ1v) is 4.85. The van der Waals surface area contributed by atoms with Crippen molar-refractivity contribution in [1.29, 1.82) is 5.26 Å². The van der Waals surface area contributed by atoms with Crippen molar-refractivity contribution in [3.63, 3.8) is 0 Å². The molecule has 1 aliphatic heterocycles. The van der Waals surface area contributed by atoms with Gasteiger partial charge in [0, 0.05) is 31.9 Å². The summed E-state index contributed by atoms with van der Waals surface area (Å²) in [5.74, 6) is 0. The molecule has 0 bridgehead atoms. The van der Waals surface area contributed by atoms with Crippen LogP contribution in [0.5, 0.6) is 0 Å². The zero-order chi connectivity index (χ0) is 9.80. The zero-order valence-corrected chi connectivity index (χ0v) is 8.06. The summed E-state index contributed by atoms with van der Waals surface area (Å²) in [6, 6.07) is 10.3. The molecule has 1 aliphatic rings. The van der Waals surface area contributed by atoms with Gasteiger partial charge in [0.1, 0.15) is 0 Å². The Morgan fingerprint density at radius 2 is 1.64 bits per heavy atom. The van der Waals surface area contributed by atoms with Crippen LogP contribution in [0.25, 0.3) is 0 Å². The molecule has 0 spiro atoms. The second-order valence-corrected chi connectivity index (χ2v) is 3.41. The van der Waals surface area contributed by atoms with Gasteiger partial charge in [0.25, 0.3) is 0 Å². The van der Waals surface area contributed by atoms with E-state index in [1.54, 1.807) is 4.90 Å². The highest BCUT2D eigenvalue weighted by atomic mass is 15.3. The van der Waals surface area contributed by atoms with Gasteiger partial charge in [-0.1, -0.05) is 18.2 Å². The molecule has 0 aliphatic carbocycles. The lowest BCUT2D eigenvalue weighted by Crippen LogP contribution is -2.44. The lowest BCUT2D eigenvalue weighted by Gasteiger charge is -2.33. The van der Waals surface area contributed by atoms with Gasteiger partial charge in [-0.15, -0.1) is 0 Å². The van der Waals surface area contributed by atoms with Gasteiger partial charge in [-0.3, -0.25) is 0 Å². The maximum absolute atomic E-state index is 8.71. The van der Waals surface area contributed by atoms with E-state index in [-0.39, 0.29) is 0 Å². The molecule has 14 heavy (non-hydrogen) atoms. The summed E-state index contributed by atoms with van der Waals surface area (Å²) in [7, 11) is 0. The Morgan fingerprint density at radius 3 is 2.21 bits per heavy atom. The van der Waals surface area contributed by atoms with E-state index in [9.17, 15) is 0 Å². The predicted octanol–water partition coefficient (Wildman–Crippen LogP) is 1.29. The standard InChI is InChI=1S/C11H13N3/c12-10-13-6-8-14(9-7-13)11-4-2-1-3-5-11/h1-5H,6-9H2. The Labute approximate surface area is 84.2 Å². The van der Waals surface area contributed by atoms with E-state index in [2.05, 4.69) is 23.2 Å². The van der Waals surface area contributed by atoms with Crippen LogP contribution < -0.4 is 4.90 Å². The minimum absolute atomic E-state index is 0.839. The molecular weight excluding hydrogens is 174 g/mol. The fraction of sp³-hybridized carbons (Fsp3) is 0.364. The minimum atomic E-state index is 0.839. The molecule has 1 fully saturated rings. The monoisotopic (exact) mass is 187 g/mol. The van der Waals surface area contributed by atoms with Gasteiger partial charge in [-0.2, -0.15) is 5.26 Å². The van der Waals surface area contributed by atoms with Crippen LogP contribution in [-0.2, 0) is 0 Å². The largest absolute Gasteiger partial charge is 0.368 e. The van der Waals surface area contributed by atoms with Crippen LogP contribution in [0.1, 0.15) is 0 Å². The van der Waals surface area contributed by atoms with Crippen molar-refractivity contribution in [2.24, 2.45) is 0 Å². The van der Waals surface area contributed by atoms with Crippen molar-refractivity contribution in [2.75, 3.05) is 31.1 Å². The van der Waals surface area contributed by atoms with Crippen molar-refractivity contribution in [2.45, 2.75) is 0 Å². The van der Waals surface area contributed by atoms with Gasteiger partial charge in [-0.25, -0.2) is 0 Å². The predicted molar refractivity (Wildman–Crippen MR) is 55.8 cm³/mol. The molecule has 1 aromatic carbocycles. The Hall–Kier alpha value is -1.69. The van der Waals surface area contributed by atoms with E-state index in [1.807, 2.05) is 18.2 Å². The lowest BCUT2D eigenvalue weighted by atomic mass is 10.2. The third-order valence-corrected chi connectivity index (χ3v) is 2.54. The molecule has 3 nitrogen and oxygen atoms in total. The Balaban J connectivity index is 2.00. The first kappa shape index (κ1) is 8.89. The van der Waals surface area contributed by atoms with Crippen LogP contribution in [-0.4, -0.2) is 31.1 Å². The summed E-state index contributed by atoms with van der Waals surface area (Å²) >= 11 is 0.